The number of carbonyl (C=O) groups excluding carboxylic acids is 1. The van der Waals surface area contributed by atoms with Crippen molar-refractivity contribution in [1.29, 1.82) is 0 Å². The standard InChI is InChI=1S/C23H27ClN6OS/c1-17-5-7-18(8-6-17)15-21-27-23(32-28-21)30-13-11-29(12-14-30)10-9-25-22(31)26-20-4-2-3-19(24)16-20/h2-8,16H,9-15H2,1H3,(H2,25,26,31). The number of hydrogen-bond donors (Lipinski definition) is 2. The minimum absolute atomic E-state index is 0.221. The number of carbonyl (C=O) groups is 1. The molecule has 4 rings (SSSR count). The zero-order valence-electron chi connectivity index (χ0n) is 18.1. The van der Waals surface area contributed by atoms with Crippen LogP contribution in [0.15, 0.2) is 48.5 Å². The van der Waals surface area contributed by atoms with Crippen molar-refractivity contribution in [2.45, 2.75) is 13.3 Å². The smallest absolute Gasteiger partial charge is 0.319 e. The van der Waals surface area contributed by atoms with Crippen molar-refractivity contribution in [2.24, 2.45) is 0 Å². The first-order valence-corrected chi connectivity index (χ1v) is 11.9. The molecule has 7 nitrogen and oxygen atoms in total. The van der Waals surface area contributed by atoms with Crippen molar-refractivity contribution < 1.29 is 4.79 Å². The predicted molar refractivity (Wildman–Crippen MR) is 131 cm³/mol. The number of anilines is 2. The minimum atomic E-state index is -0.221. The van der Waals surface area contributed by atoms with Crippen molar-refractivity contribution in [3.05, 3.63) is 70.5 Å². The topological polar surface area (TPSA) is 73.4 Å². The maximum absolute atomic E-state index is 12.0. The third-order valence-corrected chi connectivity index (χ3v) is 6.43. The largest absolute Gasteiger partial charge is 0.344 e. The van der Waals surface area contributed by atoms with Gasteiger partial charge < -0.3 is 15.5 Å². The van der Waals surface area contributed by atoms with E-state index < -0.39 is 0 Å². The van der Waals surface area contributed by atoms with Gasteiger partial charge in [-0.2, -0.15) is 4.37 Å². The van der Waals surface area contributed by atoms with Crippen molar-refractivity contribution in [2.75, 3.05) is 49.5 Å². The lowest BCUT2D eigenvalue weighted by Crippen LogP contribution is -2.48. The van der Waals surface area contributed by atoms with Crippen LogP contribution >= 0.6 is 23.1 Å². The van der Waals surface area contributed by atoms with Gasteiger partial charge in [-0.1, -0.05) is 47.5 Å². The van der Waals surface area contributed by atoms with Gasteiger partial charge >= 0.3 is 6.03 Å². The zero-order valence-corrected chi connectivity index (χ0v) is 19.6. The molecular weight excluding hydrogens is 444 g/mol. The molecule has 0 unspecified atom stereocenters. The fourth-order valence-electron chi connectivity index (χ4n) is 3.57. The molecule has 3 aromatic rings. The van der Waals surface area contributed by atoms with Crippen LogP contribution in [0.25, 0.3) is 0 Å². The highest BCUT2D eigenvalue weighted by Gasteiger charge is 2.20. The Morgan fingerprint density at radius 2 is 1.91 bits per heavy atom. The second-order valence-electron chi connectivity index (χ2n) is 7.88. The SMILES string of the molecule is Cc1ccc(Cc2nsc(N3CCN(CCNC(=O)Nc4cccc(Cl)c4)CC3)n2)cc1. The van der Waals surface area contributed by atoms with E-state index in [1.54, 1.807) is 18.2 Å². The molecule has 1 aromatic heterocycles. The maximum atomic E-state index is 12.0. The molecule has 1 fully saturated rings. The van der Waals surface area contributed by atoms with E-state index in [-0.39, 0.29) is 6.03 Å². The number of hydrogen-bond acceptors (Lipinski definition) is 6. The minimum Gasteiger partial charge on any atom is -0.344 e. The summed E-state index contributed by atoms with van der Waals surface area (Å²) in [6, 6.07) is 15.4. The summed E-state index contributed by atoms with van der Waals surface area (Å²) in [4.78, 5) is 21.4. The molecule has 32 heavy (non-hydrogen) atoms. The number of rotatable bonds is 7. The molecule has 1 aliphatic heterocycles. The Bertz CT molecular complexity index is 1030. The van der Waals surface area contributed by atoms with Crippen LogP contribution in [-0.4, -0.2) is 59.6 Å². The van der Waals surface area contributed by atoms with E-state index in [2.05, 4.69) is 56.0 Å². The Hall–Kier alpha value is -2.68. The lowest BCUT2D eigenvalue weighted by molar-refractivity contribution is 0.240. The average Bonchev–Trinajstić information content (AvgIpc) is 3.24. The molecule has 0 saturated carbocycles. The molecule has 9 heteroatoms. The van der Waals surface area contributed by atoms with E-state index in [1.807, 2.05) is 6.07 Å². The molecule has 2 aromatic carbocycles. The summed E-state index contributed by atoms with van der Waals surface area (Å²) >= 11 is 7.42. The number of aryl methyl sites for hydroxylation is 1. The average molecular weight is 471 g/mol. The molecule has 2 heterocycles. The first-order chi connectivity index (χ1) is 15.5. The van der Waals surface area contributed by atoms with Crippen molar-refractivity contribution in [3.63, 3.8) is 0 Å². The maximum Gasteiger partial charge on any atom is 0.319 e. The van der Waals surface area contributed by atoms with E-state index >= 15 is 0 Å². The molecular formula is C23H27ClN6OS. The number of piperazine rings is 1. The summed E-state index contributed by atoms with van der Waals surface area (Å²) in [7, 11) is 0. The van der Waals surface area contributed by atoms with E-state index in [1.165, 1.54) is 22.7 Å². The molecule has 0 radical (unpaired) electrons. The number of halogens is 1. The van der Waals surface area contributed by atoms with Crippen LogP contribution in [0, 0.1) is 6.92 Å². The van der Waals surface area contributed by atoms with E-state index in [9.17, 15) is 4.79 Å². The van der Waals surface area contributed by atoms with Gasteiger partial charge in [0.05, 0.1) is 0 Å². The van der Waals surface area contributed by atoms with Crippen molar-refractivity contribution >= 4 is 40.0 Å². The zero-order chi connectivity index (χ0) is 22.3. The van der Waals surface area contributed by atoms with Gasteiger partial charge in [0.25, 0.3) is 0 Å². The number of nitrogens with zero attached hydrogens (tertiary/aromatic N) is 4. The molecule has 2 amide bonds. The number of urea groups is 1. The highest BCUT2D eigenvalue weighted by Crippen LogP contribution is 2.20. The normalized spacial score (nSPS) is 14.4. The molecule has 1 saturated heterocycles. The summed E-state index contributed by atoms with van der Waals surface area (Å²) in [5.74, 6) is 0.881. The molecule has 0 spiro atoms. The lowest BCUT2D eigenvalue weighted by atomic mass is 10.1. The van der Waals surface area contributed by atoms with E-state index in [0.717, 1.165) is 50.1 Å². The van der Waals surface area contributed by atoms with Gasteiger partial charge in [-0.05, 0) is 30.7 Å². The fourth-order valence-corrected chi connectivity index (χ4v) is 4.49. The van der Waals surface area contributed by atoms with Crippen LogP contribution < -0.4 is 15.5 Å². The number of amides is 2. The van der Waals surface area contributed by atoms with Crippen LogP contribution in [0.3, 0.4) is 0 Å². The number of aromatic nitrogens is 2. The van der Waals surface area contributed by atoms with Gasteiger partial charge in [0.15, 0.2) is 0 Å². The monoisotopic (exact) mass is 470 g/mol. The summed E-state index contributed by atoms with van der Waals surface area (Å²) < 4.78 is 4.55. The van der Waals surface area contributed by atoms with Crippen molar-refractivity contribution in [3.8, 4) is 0 Å². The highest BCUT2D eigenvalue weighted by molar-refractivity contribution is 7.09. The summed E-state index contributed by atoms with van der Waals surface area (Å²) in [6.45, 7) is 7.18. The Morgan fingerprint density at radius 1 is 1.12 bits per heavy atom. The molecule has 0 bridgehead atoms. The first-order valence-electron chi connectivity index (χ1n) is 10.7. The Kier molecular flexibility index (Phi) is 7.57. The number of benzene rings is 2. The van der Waals surface area contributed by atoms with Gasteiger partial charge in [-0.3, -0.25) is 4.90 Å². The van der Waals surface area contributed by atoms with Gasteiger partial charge in [0, 0.05) is 67.9 Å². The highest BCUT2D eigenvalue weighted by atomic mass is 35.5. The molecule has 0 atom stereocenters. The Labute approximate surface area is 197 Å². The molecule has 0 aliphatic carbocycles. The first kappa shape index (κ1) is 22.5. The quantitative estimate of drug-likeness (QED) is 0.545. The summed E-state index contributed by atoms with van der Waals surface area (Å²) in [6.07, 6.45) is 0.764. The Morgan fingerprint density at radius 3 is 2.66 bits per heavy atom. The second-order valence-corrected chi connectivity index (χ2v) is 9.04. The summed E-state index contributed by atoms with van der Waals surface area (Å²) in [5, 5.41) is 7.29. The van der Waals surface area contributed by atoms with Gasteiger partial charge in [-0.25, -0.2) is 9.78 Å². The molecule has 2 N–H and O–H groups in total. The second kappa shape index (κ2) is 10.8. The fraction of sp³-hybridized carbons (Fsp3) is 0.348. The third kappa shape index (κ3) is 6.41. The van der Waals surface area contributed by atoms with Crippen LogP contribution in [0.1, 0.15) is 17.0 Å². The third-order valence-electron chi connectivity index (χ3n) is 5.38. The molecule has 168 valence electrons. The van der Waals surface area contributed by atoms with Crippen LogP contribution in [0.2, 0.25) is 5.02 Å². The van der Waals surface area contributed by atoms with Crippen LogP contribution in [0.4, 0.5) is 15.6 Å². The number of nitrogens with one attached hydrogen (secondary N) is 2. The predicted octanol–water partition coefficient (Wildman–Crippen LogP) is 4.03. The van der Waals surface area contributed by atoms with Crippen molar-refractivity contribution in [1.82, 2.24) is 19.6 Å². The molecule has 1 aliphatic rings. The van der Waals surface area contributed by atoms with Gasteiger partial charge in [-0.15, -0.1) is 0 Å². The van der Waals surface area contributed by atoms with Crippen LogP contribution in [0.5, 0.6) is 0 Å². The van der Waals surface area contributed by atoms with Gasteiger partial charge in [0.1, 0.15) is 5.82 Å². The van der Waals surface area contributed by atoms with Gasteiger partial charge in [0.2, 0.25) is 5.13 Å². The van der Waals surface area contributed by atoms with E-state index in [0.29, 0.717) is 17.3 Å². The van der Waals surface area contributed by atoms with Crippen LogP contribution in [-0.2, 0) is 6.42 Å². The lowest BCUT2D eigenvalue weighted by Gasteiger charge is -2.34. The summed E-state index contributed by atoms with van der Waals surface area (Å²) in [5.41, 5.74) is 3.18. The Balaban J connectivity index is 1.17. The van der Waals surface area contributed by atoms with E-state index in [4.69, 9.17) is 16.6 Å².